The lowest BCUT2D eigenvalue weighted by Gasteiger charge is -2.07. The van der Waals surface area contributed by atoms with Gasteiger partial charge in [0.2, 0.25) is 0 Å². The molecule has 1 aromatic heterocycles. The number of carbonyl (C=O) groups excluding carboxylic acids is 1. The van der Waals surface area contributed by atoms with Gasteiger partial charge in [-0.25, -0.2) is 9.78 Å². The van der Waals surface area contributed by atoms with Gasteiger partial charge in [0.15, 0.2) is 0 Å². The number of aromatic nitrogens is 2. The Kier molecular flexibility index (Phi) is 4.26. The molecule has 0 fully saturated rings. The first kappa shape index (κ1) is 16.7. The Balaban J connectivity index is 1.75. The average Bonchev–Trinajstić information content (AvgIpc) is 2.73. The summed E-state index contributed by atoms with van der Waals surface area (Å²) in [6.45, 7) is 0. The van der Waals surface area contributed by atoms with Gasteiger partial charge in [-0.15, -0.1) is 0 Å². The molecule has 1 N–H and O–H groups in total. The molecule has 0 aliphatic rings. The summed E-state index contributed by atoms with van der Waals surface area (Å²) in [6.07, 6.45) is 0. The van der Waals surface area contributed by atoms with Crippen molar-refractivity contribution in [2.75, 3.05) is 7.11 Å². The van der Waals surface area contributed by atoms with Gasteiger partial charge >= 0.3 is 5.97 Å². The first-order valence-corrected chi connectivity index (χ1v) is 8.44. The molecule has 0 aliphatic heterocycles. The fourth-order valence-electron chi connectivity index (χ4n) is 2.99. The molecule has 0 atom stereocenters. The SMILES string of the molecule is COC(=O)c1ccc(-c2cccc(-c3nc4ccccc4c(=O)[nH]3)c2)cc1. The molecule has 0 bridgehead atoms. The molecule has 0 radical (unpaired) electrons. The topological polar surface area (TPSA) is 72.0 Å². The van der Waals surface area contributed by atoms with Crippen LogP contribution in [-0.2, 0) is 4.74 Å². The zero-order valence-electron chi connectivity index (χ0n) is 14.6. The van der Waals surface area contributed by atoms with Crippen molar-refractivity contribution < 1.29 is 9.53 Å². The molecular weight excluding hydrogens is 340 g/mol. The number of esters is 1. The number of nitrogens with zero attached hydrogens (tertiary/aromatic N) is 1. The molecule has 1 heterocycles. The van der Waals surface area contributed by atoms with E-state index in [1.165, 1.54) is 7.11 Å². The van der Waals surface area contributed by atoms with Crippen LogP contribution >= 0.6 is 0 Å². The maximum atomic E-state index is 12.3. The summed E-state index contributed by atoms with van der Waals surface area (Å²) in [6, 6.07) is 22.2. The van der Waals surface area contributed by atoms with E-state index in [4.69, 9.17) is 4.74 Å². The number of methoxy groups -OCH3 is 1. The van der Waals surface area contributed by atoms with Crippen LogP contribution in [0.15, 0.2) is 77.6 Å². The second-order valence-electron chi connectivity index (χ2n) is 6.08. The molecule has 0 unspecified atom stereocenters. The highest BCUT2D eigenvalue weighted by Gasteiger charge is 2.08. The zero-order valence-corrected chi connectivity index (χ0v) is 14.6. The molecule has 0 saturated carbocycles. The summed E-state index contributed by atoms with van der Waals surface area (Å²) in [4.78, 5) is 31.3. The van der Waals surface area contributed by atoms with Gasteiger partial charge in [0, 0.05) is 5.56 Å². The number of aromatic amines is 1. The number of rotatable bonds is 3. The van der Waals surface area contributed by atoms with Crippen molar-refractivity contribution in [3.8, 4) is 22.5 Å². The van der Waals surface area contributed by atoms with Gasteiger partial charge in [-0.2, -0.15) is 0 Å². The number of hydrogen-bond donors (Lipinski definition) is 1. The van der Waals surface area contributed by atoms with E-state index in [0.29, 0.717) is 22.3 Å². The van der Waals surface area contributed by atoms with Crippen molar-refractivity contribution in [3.63, 3.8) is 0 Å². The summed E-state index contributed by atoms with van der Waals surface area (Å²) < 4.78 is 4.72. The minimum Gasteiger partial charge on any atom is -0.465 e. The highest BCUT2D eigenvalue weighted by Crippen LogP contribution is 2.25. The van der Waals surface area contributed by atoms with Crippen molar-refractivity contribution in [2.24, 2.45) is 0 Å². The highest BCUT2D eigenvalue weighted by molar-refractivity contribution is 5.90. The van der Waals surface area contributed by atoms with Crippen molar-refractivity contribution in [2.45, 2.75) is 0 Å². The van der Waals surface area contributed by atoms with E-state index in [0.717, 1.165) is 16.7 Å². The van der Waals surface area contributed by atoms with Crippen molar-refractivity contribution in [1.29, 1.82) is 0 Å². The predicted octanol–water partition coefficient (Wildman–Crippen LogP) is 4.04. The van der Waals surface area contributed by atoms with Crippen LogP contribution in [-0.4, -0.2) is 23.0 Å². The van der Waals surface area contributed by atoms with Crippen LogP contribution in [0.2, 0.25) is 0 Å². The van der Waals surface area contributed by atoms with E-state index >= 15 is 0 Å². The summed E-state index contributed by atoms with van der Waals surface area (Å²) in [5, 5.41) is 0.566. The Labute approximate surface area is 155 Å². The van der Waals surface area contributed by atoms with Crippen molar-refractivity contribution in [3.05, 3.63) is 88.7 Å². The minimum absolute atomic E-state index is 0.163. The Morgan fingerprint density at radius 2 is 1.63 bits per heavy atom. The highest BCUT2D eigenvalue weighted by atomic mass is 16.5. The Morgan fingerprint density at radius 3 is 2.41 bits per heavy atom. The van der Waals surface area contributed by atoms with E-state index in [2.05, 4.69) is 9.97 Å². The van der Waals surface area contributed by atoms with Crippen LogP contribution in [0.1, 0.15) is 10.4 Å². The number of hydrogen-bond acceptors (Lipinski definition) is 4. The van der Waals surface area contributed by atoms with Gasteiger partial charge in [0.05, 0.1) is 23.6 Å². The van der Waals surface area contributed by atoms with Gasteiger partial charge in [0.1, 0.15) is 5.82 Å². The normalized spacial score (nSPS) is 10.7. The van der Waals surface area contributed by atoms with Gasteiger partial charge in [-0.1, -0.05) is 42.5 Å². The number of fused-ring (bicyclic) bond motifs is 1. The molecular formula is C22H16N2O3. The maximum Gasteiger partial charge on any atom is 0.337 e. The van der Waals surface area contributed by atoms with Gasteiger partial charge in [-0.3, -0.25) is 4.79 Å². The summed E-state index contributed by atoms with van der Waals surface area (Å²) >= 11 is 0. The van der Waals surface area contributed by atoms with E-state index < -0.39 is 0 Å². The van der Waals surface area contributed by atoms with E-state index in [1.807, 2.05) is 54.6 Å². The first-order chi connectivity index (χ1) is 13.2. The lowest BCUT2D eigenvalue weighted by Crippen LogP contribution is -2.09. The summed E-state index contributed by atoms with van der Waals surface area (Å²) in [5.74, 6) is 0.153. The number of carbonyl (C=O) groups is 1. The second kappa shape index (κ2) is 6.88. The zero-order chi connectivity index (χ0) is 18.8. The Morgan fingerprint density at radius 1 is 0.889 bits per heavy atom. The van der Waals surface area contributed by atoms with Crippen LogP contribution in [0.4, 0.5) is 0 Å². The monoisotopic (exact) mass is 356 g/mol. The molecule has 5 nitrogen and oxygen atoms in total. The fourth-order valence-corrected chi connectivity index (χ4v) is 2.99. The number of nitrogens with one attached hydrogen (secondary N) is 1. The standard InChI is InChI=1S/C22H16N2O3/c1-27-22(26)15-11-9-14(10-12-15)16-5-4-6-17(13-16)20-23-19-8-3-2-7-18(19)21(25)24-20/h2-13H,1H3,(H,23,24,25). The average molecular weight is 356 g/mol. The molecule has 132 valence electrons. The Bertz CT molecular complexity index is 1190. The molecule has 3 aromatic carbocycles. The molecule has 4 rings (SSSR count). The summed E-state index contributed by atoms with van der Waals surface area (Å²) in [5.41, 5.74) is 3.71. The number of H-pyrrole nitrogens is 1. The Hall–Kier alpha value is -3.73. The van der Waals surface area contributed by atoms with Crippen molar-refractivity contribution >= 4 is 16.9 Å². The largest absolute Gasteiger partial charge is 0.465 e. The van der Waals surface area contributed by atoms with E-state index in [-0.39, 0.29) is 11.5 Å². The van der Waals surface area contributed by atoms with Crippen LogP contribution < -0.4 is 5.56 Å². The third kappa shape index (κ3) is 3.22. The molecule has 4 aromatic rings. The summed E-state index contributed by atoms with van der Waals surface area (Å²) in [7, 11) is 1.36. The van der Waals surface area contributed by atoms with Crippen LogP contribution in [0.5, 0.6) is 0 Å². The minimum atomic E-state index is -0.367. The molecule has 0 saturated heterocycles. The van der Waals surface area contributed by atoms with Crippen LogP contribution in [0, 0.1) is 0 Å². The first-order valence-electron chi connectivity index (χ1n) is 8.44. The third-order valence-electron chi connectivity index (χ3n) is 4.39. The van der Waals surface area contributed by atoms with E-state index in [9.17, 15) is 9.59 Å². The van der Waals surface area contributed by atoms with Gasteiger partial charge in [-0.05, 0) is 41.5 Å². The quantitative estimate of drug-likeness (QED) is 0.562. The smallest absolute Gasteiger partial charge is 0.337 e. The molecule has 0 spiro atoms. The molecule has 27 heavy (non-hydrogen) atoms. The molecule has 0 amide bonds. The van der Waals surface area contributed by atoms with Crippen LogP contribution in [0.25, 0.3) is 33.4 Å². The number of ether oxygens (including phenoxy) is 1. The van der Waals surface area contributed by atoms with Crippen LogP contribution in [0.3, 0.4) is 0 Å². The lowest BCUT2D eigenvalue weighted by atomic mass is 10.0. The lowest BCUT2D eigenvalue weighted by molar-refractivity contribution is 0.0601. The van der Waals surface area contributed by atoms with Gasteiger partial charge in [0.25, 0.3) is 5.56 Å². The number of para-hydroxylation sites is 1. The fraction of sp³-hybridized carbons (Fsp3) is 0.0455. The maximum absolute atomic E-state index is 12.3. The van der Waals surface area contributed by atoms with E-state index in [1.54, 1.807) is 18.2 Å². The van der Waals surface area contributed by atoms with Gasteiger partial charge < -0.3 is 9.72 Å². The third-order valence-corrected chi connectivity index (χ3v) is 4.39. The molecule has 5 heteroatoms. The predicted molar refractivity (Wildman–Crippen MR) is 105 cm³/mol. The molecule has 0 aliphatic carbocycles. The van der Waals surface area contributed by atoms with Crippen molar-refractivity contribution in [1.82, 2.24) is 9.97 Å². The number of benzene rings is 3. The second-order valence-corrected chi connectivity index (χ2v) is 6.08.